The topological polar surface area (TPSA) is 55.1 Å². The summed E-state index contributed by atoms with van der Waals surface area (Å²) in [7, 11) is 0. The lowest BCUT2D eigenvalue weighted by Crippen LogP contribution is -2.18. The van der Waals surface area contributed by atoms with Gasteiger partial charge in [-0.1, -0.05) is 18.2 Å². The minimum absolute atomic E-state index is 0.115. The van der Waals surface area contributed by atoms with Crippen LogP contribution in [0.5, 0.6) is 0 Å². The molecule has 0 aromatic heterocycles. The summed E-state index contributed by atoms with van der Waals surface area (Å²) in [6, 6.07) is 6.16. The Morgan fingerprint density at radius 3 is 3.06 bits per heavy atom. The number of carbonyl (C=O) groups is 1. The van der Waals surface area contributed by atoms with Crippen molar-refractivity contribution in [1.29, 1.82) is 0 Å². The van der Waals surface area contributed by atoms with Gasteiger partial charge < -0.3 is 11.1 Å². The third-order valence-electron chi connectivity index (χ3n) is 2.91. The van der Waals surface area contributed by atoms with Crippen molar-refractivity contribution in [2.75, 3.05) is 11.9 Å². The number of carbonyl (C=O) groups excluding carboxylic acids is 1. The number of aryl methyl sites for hydroxylation is 1. The van der Waals surface area contributed by atoms with Gasteiger partial charge in [0.25, 0.3) is 0 Å². The van der Waals surface area contributed by atoms with E-state index in [1.807, 2.05) is 12.1 Å². The van der Waals surface area contributed by atoms with E-state index in [4.69, 9.17) is 5.73 Å². The Hall–Kier alpha value is -1.61. The van der Waals surface area contributed by atoms with Gasteiger partial charge in [0.15, 0.2) is 0 Å². The first-order valence-electron chi connectivity index (χ1n) is 6.09. The smallest absolute Gasteiger partial charge is 0.224 e. The second-order valence-corrected chi connectivity index (χ2v) is 4.30. The molecule has 0 aliphatic carbocycles. The number of amides is 1. The predicted octanol–water partition coefficient (Wildman–Crippen LogP) is 2.32. The Kier molecular flexibility index (Phi) is 3.94. The van der Waals surface area contributed by atoms with Crippen LogP contribution in [0.4, 0.5) is 5.69 Å². The summed E-state index contributed by atoms with van der Waals surface area (Å²) in [4.78, 5) is 11.2. The molecule has 0 bridgehead atoms. The SMILES string of the molecule is NCCC/C=C/c1ccc2c(c1)CCC(=O)N2. The third-order valence-corrected chi connectivity index (χ3v) is 2.91. The molecule has 0 atom stereocenters. The average molecular weight is 230 g/mol. The van der Waals surface area contributed by atoms with E-state index >= 15 is 0 Å². The quantitative estimate of drug-likeness (QED) is 0.780. The van der Waals surface area contributed by atoms with Crippen molar-refractivity contribution in [1.82, 2.24) is 0 Å². The van der Waals surface area contributed by atoms with Crippen molar-refractivity contribution in [2.45, 2.75) is 25.7 Å². The molecule has 1 aromatic rings. The average Bonchev–Trinajstić information content (AvgIpc) is 2.35. The lowest BCUT2D eigenvalue weighted by molar-refractivity contribution is -0.116. The number of unbranched alkanes of at least 4 members (excludes halogenated alkanes) is 1. The third kappa shape index (κ3) is 3.17. The van der Waals surface area contributed by atoms with Gasteiger partial charge in [0.05, 0.1) is 0 Å². The van der Waals surface area contributed by atoms with Crippen LogP contribution in [-0.2, 0) is 11.2 Å². The minimum atomic E-state index is 0.115. The van der Waals surface area contributed by atoms with E-state index in [0.29, 0.717) is 6.42 Å². The van der Waals surface area contributed by atoms with E-state index in [1.165, 1.54) is 11.1 Å². The van der Waals surface area contributed by atoms with E-state index in [-0.39, 0.29) is 5.91 Å². The first kappa shape index (κ1) is 11.9. The number of nitrogens with two attached hydrogens (primary N) is 1. The molecule has 3 heteroatoms. The largest absolute Gasteiger partial charge is 0.330 e. The van der Waals surface area contributed by atoms with Gasteiger partial charge in [-0.3, -0.25) is 4.79 Å². The molecule has 90 valence electrons. The number of benzene rings is 1. The zero-order chi connectivity index (χ0) is 12.1. The van der Waals surface area contributed by atoms with Crippen molar-refractivity contribution < 1.29 is 4.79 Å². The van der Waals surface area contributed by atoms with Gasteiger partial charge in [0.1, 0.15) is 0 Å². The van der Waals surface area contributed by atoms with Crippen LogP contribution in [0.15, 0.2) is 24.3 Å². The van der Waals surface area contributed by atoms with Gasteiger partial charge in [-0.2, -0.15) is 0 Å². The molecule has 1 amide bonds. The van der Waals surface area contributed by atoms with Crippen LogP contribution in [0, 0.1) is 0 Å². The summed E-state index contributed by atoms with van der Waals surface area (Å²) >= 11 is 0. The second kappa shape index (κ2) is 5.64. The molecule has 3 nitrogen and oxygen atoms in total. The van der Waals surface area contributed by atoms with Crippen LogP contribution in [0.3, 0.4) is 0 Å². The van der Waals surface area contributed by atoms with Crippen LogP contribution in [0.1, 0.15) is 30.4 Å². The molecule has 2 rings (SSSR count). The van der Waals surface area contributed by atoms with Crippen molar-refractivity contribution >= 4 is 17.7 Å². The van der Waals surface area contributed by atoms with Crippen molar-refractivity contribution in [3.8, 4) is 0 Å². The fourth-order valence-corrected chi connectivity index (χ4v) is 1.96. The maximum absolute atomic E-state index is 11.2. The Balaban J connectivity index is 2.06. The van der Waals surface area contributed by atoms with Gasteiger partial charge in [0, 0.05) is 12.1 Å². The van der Waals surface area contributed by atoms with E-state index < -0.39 is 0 Å². The van der Waals surface area contributed by atoms with E-state index in [2.05, 4.69) is 23.5 Å². The maximum atomic E-state index is 11.2. The number of nitrogens with one attached hydrogen (secondary N) is 1. The van der Waals surface area contributed by atoms with Crippen LogP contribution < -0.4 is 11.1 Å². The van der Waals surface area contributed by atoms with Gasteiger partial charge in [-0.15, -0.1) is 0 Å². The zero-order valence-electron chi connectivity index (χ0n) is 9.91. The molecule has 0 saturated heterocycles. The molecule has 0 unspecified atom stereocenters. The van der Waals surface area contributed by atoms with Gasteiger partial charge >= 0.3 is 0 Å². The Morgan fingerprint density at radius 1 is 1.35 bits per heavy atom. The van der Waals surface area contributed by atoms with Crippen LogP contribution in [-0.4, -0.2) is 12.5 Å². The fourth-order valence-electron chi connectivity index (χ4n) is 1.96. The standard InChI is InChI=1S/C14H18N2O/c15-9-3-1-2-4-11-5-7-13-12(10-11)6-8-14(17)16-13/h2,4-5,7,10H,1,3,6,8-9,15H2,(H,16,17)/b4-2+. The molecule has 0 radical (unpaired) electrons. The summed E-state index contributed by atoms with van der Waals surface area (Å²) in [5.41, 5.74) is 8.82. The highest BCUT2D eigenvalue weighted by Gasteiger charge is 2.13. The minimum Gasteiger partial charge on any atom is -0.330 e. The van der Waals surface area contributed by atoms with E-state index in [0.717, 1.165) is 31.5 Å². The van der Waals surface area contributed by atoms with E-state index in [9.17, 15) is 4.79 Å². The summed E-state index contributed by atoms with van der Waals surface area (Å²) < 4.78 is 0. The molecular weight excluding hydrogens is 212 g/mol. The van der Waals surface area contributed by atoms with Gasteiger partial charge in [-0.25, -0.2) is 0 Å². The Bertz CT molecular complexity index is 438. The van der Waals surface area contributed by atoms with Crippen molar-refractivity contribution in [3.05, 3.63) is 35.4 Å². The van der Waals surface area contributed by atoms with E-state index in [1.54, 1.807) is 0 Å². The lowest BCUT2D eigenvalue weighted by atomic mass is 10.00. The maximum Gasteiger partial charge on any atom is 0.224 e. The molecule has 1 aliphatic heterocycles. The zero-order valence-corrected chi connectivity index (χ0v) is 9.91. The summed E-state index contributed by atoms with van der Waals surface area (Å²) in [6.45, 7) is 0.737. The molecule has 3 N–H and O–H groups in total. The fraction of sp³-hybridized carbons (Fsp3) is 0.357. The van der Waals surface area contributed by atoms with Crippen molar-refractivity contribution in [3.63, 3.8) is 0 Å². The van der Waals surface area contributed by atoms with Crippen LogP contribution in [0.2, 0.25) is 0 Å². The summed E-state index contributed by atoms with van der Waals surface area (Å²) in [6.07, 6.45) is 7.74. The lowest BCUT2D eigenvalue weighted by Gasteiger charge is -2.16. The molecule has 17 heavy (non-hydrogen) atoms. The highest BCUT2D eigenvalue weighted by molar-refractivity contribution is 5.94. The predicted molar refractivity (Wildman–Crippen MR) is 70.7 cm³/mol. The highest BCUT2D eigenvalue weighted by Crippen LogP contribution is 2.24. The molecule has 0 spiro atoms. The monoisotopic (exact) mass is 230 g/mol. The molecule has 1 aromatic carbocycles. The Morgan fingerprint density at radius 2 is 2.24 bits per heavy atom. The normalized spacial score (nSPS) is 14.8. The summed E-state index contributed by atoms with van der Waals surface area (Å²) in [5.74, 6) is 0.115. The molecule has 1 aliphatic rings. The number of fused-ring (bicyclic) bond motifs is 1. The number of hydrogen-bond acceptors (Lipinski definition) is 2. The number of hydrogen-bond donors (Lipinski definition) is 2. The molecule has 1 heterocycles. The Labute approximate surface area is 102 Å². The molecule has 0 saturated carbocycles. The van der Waals surface area contributed by atoms with Gasteiger partial charge in [-0.05, 0) is 49.1 Å². The van der Waals surface area contributed by atoms with Gasteiger partial charge in [0.2, 0.25) is 5.91 Å². The number of rotatable bonds is 4. The van der Waals surface area contributed by atoms with Crippen LogP contribution in [0.25, 0.3) is 6.08 Å². The number of anilines is 1. The molecule has 0 fully saturated rings. The number of allylic oxidation sites excluding steroid dienone is 1. The second-order valence-electron chi connectivity index (χ2n) is 4.30. The first-order chi connectivity index (χ1) is 8.29. The molecular formula is C14H18N2O. The summed E-state index contributed by atoms with van der Waals surface area (Å²) in [5, 5.41) is 2.88. The highest BCUT2D eigenvalue weighted by atomic mass is 16.1. The first-order valence-corrected chi connectivity index (χ1v) is 6.09. The van der Waals surface area contributed by atoms with Crippen LogP contribution >= 0.6 is 0 Å². The van der Waals surface area contributed by atoms with Crippen molar-refractivity contribution in [2.24, 2.45) is 5.73 Å².